The summed E-state index contributed by atoms with van der Waals surface area (Å²) >= 11 is 0. The maximum atomic E-state index is 12.9. The molecule has 4 aliphatic heterocycles. The van der Waals surface area contributed by atoms with Crippen molar-refractivity contribution in [1.29, 1.82) is 0 Å². The van der Waals surface area contributed by atoms with E-state index >= 15 is 0 Å². The van der Waals surface area contributed by atoms with Crippen molar-refractivity contribution in [2.75, 3.05) is 42.7 Å². The maximum Gasteiger partial charge on any atom is 0.337 e. The lowest BCUT2D eigenvalue weighted by Gasteiger charge is -2.48. The first-order valence-corrected chi connectivity index (χ1v) is 16.4. The number of hydrogen-bond acceptors (Lipinski definition) is 25. The lowest BCUT2D eigenvalue weighted by Crippen LogP contribution is -2.68. The predicted octanol–water partition coefficient (Wildman–Crippen LogP) is -7.72. The molecule has 8 N–H and O–H groups in total. The van der Waals surface area contributed by atoms with E-state index < -0.39 is 147 Å². The lowest BCUT2D eigenvalue weighted by molar-refractivity contribution is -0.379. The van der Waals surface area contributed by atoms with Gasteiger partial charge in [-0.05, 0) is 0 Å². The van der Waals surface area contributed by atoms with Crippen LogP contribution in [0.1, 0.15) is 0 Å². The Balaban J connectivity index is 1.57. The number of aliphatic hydroxyl groups is 8. The zero-order valence-corrected chi connectivity index (χ0v) is 30.1. The molecule has 4 aliphatic rings. The number of carbonyl (C=O) groups excluding carboxylic acids is 4. The second-order valence-corrected chi connectivity index (χ2v) is 12.5. The van der Waals surface area contributed by atoms with Gasteiger partial charge in [-0.1, -0.05) is 0 Å². The molecule has 0 aromatic heterocycles. The standard InChI is InChI=1S/C30H46O25/c1-43-15-7(31)12(36)28(53-19(15)23(39)44-2)50-17-9(33)14(38)30(55-21(17)25(41)46-4)51-18-10(34)13(37)29(54-22(18)26(42)47-5)49-16-8(32)11(35)27(48-6)52-20(16)24(40)45-3/h7-22,27-38H,1-6H3/t7-,8?,9?,10?,11?,12?,13+,14?,15-,16+,17+,18-,19?,20?,21-,22?,27+,28-,29-,30+/m1/s1. The summed E-state index contributed by atoms with van der Waals surface area (Å²) in [5.41, 5.74) is 0. The third-order valence-electron chi connectivity index (χ3n) is 9.29. The van der Waals surface area contributed by atoms with Gasteiger partial charge in [0.2, 0.25) is 0 Å². The van der Waals surface area contributed by atoms with Crippen molar-refractivity contribution in [3.8, 4) is 0 Å². The van der Waals surface area contributed by atoms with Gasteiger partial charge in [-0.3, -0.25) is 0 Å². The second-order valence-electron chi connectivity index (χ2n) is 12.5. The smallest absolute Gasteiger partial charge is 0.337 e. The molecular weight excluding hydrogens is 760 g/mol. The minimum absolute atomic E-state index is 0.895. The van der Waals surface area contributed by atoms with E-state index in [2.05, 4.69) is 9.47 Å². The first-order valence-electron chi connectivity index (χ1n) is 16.4. The summed E-state index contributed by atoms with van der Waals surface area (Å²) in [6.45, 7) is 0. The molecule has 25 heteroatoms. The minimum atomic E-state index is -2.25. The zero-order valence-electron chi connectivity index (χ0n) is 30.1. The summed E-state index contributed by atoms with van der Waals surface area (Å²) in [5, 5.41) is 87.0. The van der Waals surface area contributed by atoms with Crippen molar-refractivity contribution in [3.63, 3.8) is 0 Å². The summed E-state index contributed by atoms with van der Waals surface area (Å²) in [6.07, 6.45) is -39.4. The Bertz CT molecular complexity index is 1320. The summed E-state index contributed by atoms with van der Waals surface area (Å²) in [7, 11) is 5.98. The van der Waals surface area contributed by atoms with Gasteiger partial charge in [0, 0.05) is 14.2 Å². The highest BCUT2D eigenvalue weighted by Gasteiger charge is 2.58. The highest BCUT2D eigenvalue weighted by atomic mass is 16.8. The molecule has 0 aromatic carbocycles. The van der Waals surface area contributed by atoms with E-state index in [0.717, 1.165) is 42.7 Å². The quantitative estimate of drug-likeness (QED) is 0.0670. The Morgan fingerprint density at radius 1 is 0.345 bits per heavy atom. The van der Waals surface area contributed by atoms with Crippen LogP contribution in [0.2, 0.25) is 0 Å². The van der Waals surface area contributed by atoms with Crippen LogP contribution in [-0.4, -0.2) is 230 Å². The number of methoxy groups -OCH3 is 6. The van der Waals surface area contributed by atoms with Crippen LogP contribution >= 0.6 is 0 Å². The Morgan fingerprint density at radius 3 is 0.836 bits per heavy atom. The number of esters is 4. The van der Waals surface area contributed by atoms with E-state index in [1.54, 1.807) is 0 Å². The lowest BCUT2D eigenvalue weighted by atomic mass is 9.95. The molecule has 4 saturated heterocycles. The van der Waals surface area contributed by atoms with Crippen LogP contribution in [0.5, 0.6) is 0 Å². The van der Waals surface area contributed by atoms with Crippen LogP contribution in [0, 0.1) is 0 Å². The molecule has 4 fully saturated rings. The van der Waals surface area contributed by atoms with E-state index in [0.29, 0.717) is 0 Å². The largest absolute Gasteiger partial charge is 0.467 e. The van der Waals surface area contributed by atoms with E-state index in [9.17, 15) is 60.0 Å². The summed E-state index contributed by atoms with van der Waals surface area (Å²) in [4.78, 5) is 50.7. The third kappa shape index (κ3) is 9.02. The summed E-state index contributed by atoms with van der Waals surface area (Å²) in [6, 6.07) is 0. The SMILES string of the molecule is COC(=O)C1O[C@H](OC)C(O)C(O)[C@@H]1O[C@@H]1OC(C(=O)OC)[C@H](O[C@H]2O[C@@H](C(=O)OC)[C@@H](O[C@@H]3OC(C(=O)OC)[C@H](OC)[C@H](O)C3O)C(O)C2O)C(O)[C@@H]1O. The van der Waals surface area contributed by atoms with E-state index in [-0.39, 0.29) is 0 Å². The van der Waals surface area contributed by atoms with Gasteiger partial charge in [0.25, 0.3) is 0 Å². The van der Waals surface area contributed by atoms with Gasteiger partial charge in [-0.2, -0.15) is 0 Å². The fourth-order valence-corrected chi connectivity index (χ4v) is 6.29. The number of aliphatic hydroxyl groups excluding tert-OH is 8. The molecule has 0 amide bonds. The molecule has 20 atom stereocenters. The van der Waals surface area contributed by atoms with Crippen LogP contribution in [0.4, 0.5) is 0 Å². The highest BCUT2D eigenvalue weighted by molar-refractivity contribution is 5.77. The highest BCUT2D eigenvalue weighted by Crippen LogP contribution is 2.35. The molecule has 55 heavy (non-hydrogen) atoms. The average molecular weight is 807 g/mol. The molecule has 0 bridgehead atoms. The van der Waals surface area contributed by atoms with Crippen molar-refractivity contribution >= 4 is 23.9 Å². The van der Waals surface area contributed by atoms with Crippen molar-refractivity contribution < 1.29 is 122 Å². The van der Waals surface area contributed by atoms with Crippen LogP contribution in [0.25, 0.3) is 0 Å². The van der Waals surface area contributed by atoms with Crippen LogP contribution in [0.15, 0.2) is 0 Å². The molecule has 0 spiro atoms. The van der Waals surface area contributed by atoms with Gasteiger partial charge in [0.1, 0.15) is 73.2 Å². The molecule has 0 aliphatic carbocycles. The first kappa shape index (κ1) is 44.9. The van der Waals surface area contributed by atoms with Gasteiger partial charge >= 0.3 is 23.9 Å². The van der Waals surface area contributed by atoms with Crippen molar-refractivity contribution in [2.45, 2.75) is 123 Å². The Hall–Kier alpha value is -2.80. The van der Waals surface area contributed by atoms with Gasteiger partial charge < -0.3 is 102 Å². The second kappa shape index (κ2) is 19.1. The molecular formula is C30H46O25. The normalized spacial score (nSPS) is 44.9. The van der Waals surface area contributed by atoms with Gasteiger partial charge in [-0.25, -0.2) is 19.2 Å². The molecule has 0 saturated carbocycles. The fourth-order valence-electron chi connectivity index (χ4n) is 6.29. The number of rotatable bonds is 12. The number of hydrogen-bond donors (Lipinski definition) is 8. The first-order chi connectivity index (χ1) is 26.0. The van der Waals surface area contributed by atoms with Crippen molar-refractivity contribution in [1.82, 2.24) is 0 Å². The monoisotopic (exact) mass is 806 g/mol. The predicted molar refractivity (Wildman–Crippen MR) is 163 cm³/mol. The molecule has 4 rings (SSSR count). The molecule has 0 aromatic rings. The van der Waals surface area contributed by atoms with Gasteiger partial charge in [-0.15, -0.1) is 0 Å². The molecule has 4 heterocycles. The molecule has 25 nitrogen and oxygen atoms in total. The Labute approximate surface area is 311 Å². The van der Waals surface area contributed by atoms with E-state index in [1.165, 1.54) is 0 Å². The topological polar surface area (TPSA) is 350 Å². The molecule has 9 unspecified atom stereocenters. The van der Waals surface area contributed by atoms with Crippen LogP contribution < -0.4 is 0 Å². The van der Waals surface area contributed by atoms with Crippen molar-refractivity contribution in [3.05, 3.63) is 0 Å². The Kier molecular flexibility index (Phi) is 15.6. The van der Waals surface area contributed by atoms with Gasteiger partial charge in [0.15, 0.2) is 49.6 Å². The Morgan fingerprint density at radius 2 is 0.582 bits per heavy atom. The summed E-state index contributed by atoms with van der Waals surface area (Å²) in [5.74, 6) is -4.75. The van der Waals surface area contributed by atoms with Gasteiger partial charge in [0.05, 0.1) is 28.4 Å². The average Bonchev–Trinajstić information content (AvgIpc) is 3.18. The maximum absolute atomic E-state index is 12.9. The fraction of sp³-hybridized carbons (Fsp3) is 0.867. The van der Waals surface area contributed by atoms with Crippen molar-refractivity contribution in [2.24, 2.45) is 0 Å². The molecule has 0 radical (unpaired) electrons. The minimum Gasteiger partial charge on any atom is -0.467 e. The molecule has 316 valence electrons. The summed E-state index contributed by atoms with van der Waals surface area (Å²) < 4.78 is 67.3. The van der Waals surface area contributed by atoms with E-state index in [1.807, 2.05) is 0 Å². The van der Waals surface area contributed by atoms with E-state index in [4.69, 9.17) is 52.1 Å². The zero-order chi connectivity index (χ0) is 41.0. The van der Waals surface area contributed by atoms with Crippen LogP contribution in [-0.2, 0) is 80.8 Å². The number of ether oxygens (including phenoxy) is 13. The van der Waals surface area contributed by atoms with Crippen LogP contribution in [0.3, 0.4) is 0 Å². The number of carbonyl (C=O) groups is 4. The third-order valence-corrected chi connectivity index (χ3v) is 9.29.